The summed E-state index contributed by atoms with van der Waals surface area (Å²) in [7, 11) is 1.66. The topological polar surface area (TPSA) is 36.4 Å². The second-order valence-electron chi connectivity index (χ2n) is 5.00. The van der Waals surface area contributed by atoms with Crippen molar-refractivity contribution < 1.29 is 13.2 Å². The minimum atomic E-state index is -4.30. The lowest BCUT2D eigenvalue weighted by Gasteiger charge is -2.12. The smallest absolute Gasteiger partial charge is 0.352 e. The molecule has 0 amide bonds. The first kappa shape index (κ1) is 20.8. The second kappa shape index (κ2) is 9.26. The van der Waals surface area contributed by atoms with Crippen molar-refractivity contribution in [2.75, 3.05) is 7.05 Å². The number of hydrogen-bond acceptors (Lipinski definition) is 2. The van der Waals surface area contributed by atoms with Crippen LogP contribution in [-0.4, -0.2) is 13.0 Å². The van der Waals surface area contributed by atoms with E-state index < -0.39 is 11.7 Å². The fourth-order valence-electron chi connectivity index (χ4n) is 1.97. The Kier molecular flexibility index (Phi) is 8.01. The van der Waals surface area contributed by atoms with E-state index >= 15 is 0 Å². The molecule has 0 radical (unpaired) electrons. The number of nitrogens with one attached hydrogen (secondary N) is 2. The Morgan fingerprint density at radius 3 is 2.21 bits per heavy atom. The summed E-state index contributed by atoms with van der Waals surface area (Å²) in [5.41, 5.74) is 1.34. The number of aliphatic imine (C=N–C) groups is 1. The lowest BCUT2D eigenvalue weighted by atomic mass is 10.1. The maximum atomic E-state index is 12.5. The molecule has 0 saturated heterocycles. The van der Waals surface area contributed by atoms with Gasteiger partial charge in [-0.3, -0.25) is 4.99 Å². The summed E-state index contributed by atoms with van der Waals surface area (Å²) < 4.78 is 37.5. The average molecular weight is 469 g/mol. The molecule has 0 bridgehead atoms. The number of nitrogens with zero attached hydrogens (tertiary/aromatic N) is 1. The Bertz CT molecular complexity index is 666. The fourth-order valence-corrected chi connectivity index (χ4v) is 2.81. The molecular formula is C16H19F3IN3S. The van der Waals surface area contributed by atoms with E-state index in [0.717, 1.165) is 17.7 Å². The van der Waals surface area contributed by atoms with Gasteiger partial charge in [0.25, 0.3) is 0 Å². The largest absolute Gasteiger partial charge is 0.416 e. The zero-order chi connectivity index (χ0) is 16.9. The van der Waals surface area contributed by atoms with Gasteiger partial charge in [0.2, 0.25) is 0 Å². The van der Waals surface area contributed by atoms with Gasteiger partial charge in [-0.1, -0.05) is 12.1 Å². The lowest BCUT2D eigenvalue weighted by molar-refractivity contribution is -0.137. The number of thiophene rings is 1. The van der Waals surface area contributed by atoms with Gasteiger partial charge in [-0.15, -0.1) is 35.3 Å². The minimum absolute atomic E-state index is 0. The lowest BCUT2D eigenvalue weighted by Crippen LogP contribution is -2.36. The van der Waals surface area contributed by atoms with Crippen molar-refractivity contribution in [2.24, 2.45) is 4.99 Å². The summed E-state index contributed by atoms with van der Waals surface area (Å²) >= 11 is 1.67. The normalized spacial score (nSPS) is 11.8. The molecule has 1 aromatic carbocycles. The Hall–Kier alpha value is -1.29. The summed E-state index contributed by atoms with van der Waals surface area (Å²) in [5, 5.41) is 8.31. The molecule has 0 saturated carbocycles. The molecule has 8 heteroatoms. The maximum absolute atomic E-state index is 12.5. The van der Waals surface area contributed by atoms with Crippen LogP contribution in [0.25, 0.3) is 0 Å². The fraction of sp³-hybridized carbons (Fsp3) is 0.312. The monoisotopic (exact) mass is 469 g/mol. The van der Waals surface area contributed by atoms with Crippen molar-refractivity contribution in [1.29, 1.82) is 0 Å². The van der Waals surface area contributed by atoms with Gasteiger partial charge in [0.05, 0.1) is 12.1 Å². The van der Waals surface area contributed by atoms with E-state index in [1.807, 2.05) is 12.3 Å². The summed E-state index contributed by atoms with van der Waals surface area (Å²) in [6.07, 6.45) is -4.30. The van der Waals surface area contributed by atoms with E-state index in [2.05, 4.69) is 21.7 Å². The highest BCUT2D eigenvalue weighted by molar-refractivity contribution is 14.0. The molecule has 2 aromatic rings. The number of aryl methyl sites for hydroxylation is 1. The summed E-state index contributed by atoms with van der Waals surface area (Å²) in [4.78, 5) is 5.33. The molecule has 0 fully saturated rings. The molecule has 2 N–H and O–H groups in total. The SMILES string of the molecule is CN=C(NCc1ccc(C(F)(F)F)cc1)NCc1sccc1C.I. The molecule has 1 heterocycles. The van der Waals surface area contributed by atoms with E-state index in [-0.39, 0.29) is 24.0 Å². The van der Waals surface area contributed by atoms with Crippen molar-refractivity contribution in [3.05, 3.63) is 57.3 Å². The maximum Gasteiger partial charge on any atom is 0.416 e. The van der Waals surface area contributed by atoms with Crippen LogP contribution in [0.15, 0.2) is 40.7 Å². The predicted molar refractivity (Wildman–Crippen MR) is 103 cm³/mol. The van der Waals surface area contributed by atoms with Crippen LogP contribution in [0.1, 0.15) is 21.6 Å². The highest BCUT2D eigenvalue weighted by Crippen LogP contribution is 2.29. The van der Waals surface area contributed by atoms with Gasteiger partial charge in [0.1, 0.15) is 0 Å². The van der Waals surface area contributed by atoms with Crippen LogP contribution in [0, 0.1) is 6.92 Å². The third-order valence-corrected chi connectivity index (χ3v) is 4.37. The van der Waals surface area contributed by atoms with Crippen molar-refractivity contribution in [2.45, 2.75) is 26.2 Å². The van der Waals surface area contributed by atoms with Crippen LogP contribution in [0.3, 0.4) is 0 Å². The highest BCUT2D eigenvalue weighted by Gasteiger charge is 2.29. The zero-order valence-corrected chi connectivity index (χ0v) is 16.4. The van der Waals surface area contributed by atoms with Crippen LogP contribution in [0.2, 0.25) is 0 Å². The average Bonchev–Trinajstić information content (AvgIpc) is 2.92. The van der Waals surface area contributed by atoms with E-state index in [0.29, 0.717) is 19.0 Å². The summed E-state index contributed by atoms with van der Waals surface area (Å²) in [5.74, 6) is 0.609. The Morgan fingerprint density at radius 2 is 1.71 bits per heavy atom. The van der Waals surface area contributed by atoms with Crippen LogP contribution >= 0.6 is 35.3 Å². The molecule has 24 heavy (non-hydrogen) atoms. The molecule has 132 valence electrons. The van der Waals surface area contributed by atoms with Crippen molar-refractivity contribution >= 4 is 41.3 Å². The van der Waals surface area contributed by atoms with Gasteiger partial charge in [0, 0.05) is 18.5 Å². The van der Waals surface area contributed by atoms with Crippen LogP contribution in [0.4, 0.5) is 13.2 Å². The van der Waals surface area contributed by atoms with Crippen molar-refractivity contribution in [1.82, 2.24) is 10.6 Å². The van der Waals surface area contributed by atoms with E-state index in [4.69, 9.17) is 0 Å². The molecule has 0 atom stereocenters. The molecule has 3 nitrogen and oxygen atoms in total. The highest BCUT2D eigenvalue weighted by atomic mass is 127. The molecule has 0 unspecified atom stereocenters. The molecule has 2 rings (SSSR count). The minimum Gasteiger partial charge on any atom is -0.352 e. The Morgan fingerprint density at radius 1 is 1.08 bits per heavy atom. The van der Waals surface area contributed by atoms with Gasteiger partial charge in [0.15, 0.2) is 5.96 Å². The summed E-state index contributed by atoms with van der Waals surface area (Å²) in [6, 6.07) is 7.16. The molecule has 1 aromatic heterocycles. The predicted octanol–water partition coefficient (Wildman–Crippen LogP) is 4.56. The van der Waals surface area contributed by atoms with Gasteiger partial charge in [-0.25, -0.2) is 0 Å². The first-order valence-electron chi connectivity index (χ1n) is 7.04. The van der Waals surface area contributed by atoms with Gasteiger partial charge in [-0.05, 0) is 41.6 Å². The number of halogens is 4. The van der Waals surface area contributed by atoms with Gasteiger partial charge in [-0.2, -0.15) is 13.2 Å². The van der Waals surface area contributed by atoms with E-state index in [1.165, 1.54) is 22.6 Å². The standard InChI is InChI=1S/C16H18F3N3S.HI/c1-11-7-8-23-14(11)10-22-15(20-2)21-9-12-3-5-13(6-4-12)16(17,18)19;/h3-8H,9-10H2,1-2H3,(H2,20,21,22);1H. The van der Waals surface area contributed by atoms with E-state index in [9.17, 15) is 13.2 Å². The second-order valence-corrected chi connectivity index (χ2v) is 6.00. The van der Waals surface area contributed by atoms with Crippen LogP contribution in [-0.2, 0) is 19.3 Å². The molecule has 0 spiro atoms. The molecule has 0 aliphatic rings. The van der Waals surface area contributed by atoms with Gasteiger partial charge >= 0.3 is 6.18 Å². The third kappa shape index (κ3) is 5.97. The number of alkyl halides is 3. The van der Waals surface area contributed by atoms with Crippen LogP contribution < -0.4 is 10.6 Å². The van der Waals surface area contributed by atoms with Crippen molar-refractivity contribution in [3.63, 3.8) is 0 Å². The van der Waals surface area contributed by atoms with Crippen LogP contribution in [0.5, 0.6) is 0 Å². The molecule has 0 aliphatic carbocycles. The summed E-state index contributed by atoms with van der Waals surface area (Å²) in [6.45, 7) is 3.11. The zero-order valence-electron chi connectivity index (χ0n) is 13.3. The number of hydrogen-bond donors (Lipinski definition) is 2. The van der Waals surface area contributed by atoms with E-state index in [1.54, 1.807) is 18.4 Å². The molecular weight excluding hydrogens is 450 g/mol. The number of guanidine groups is 1. The van der Waals surface area contributed by atoms with Crippen molar-refractivity contribution in [3.8, 4) is 0 Å². The Labute approximate surface area is 160 Å². The molecule has 0 aliphatic heterocycles. The number of benzene rings is 1. The Balaban J connectivity index is 0.00000288. The quantitative estimate of drug-likeness (QED) is 0.392. The number of rotatable bonds is 4. The first-order valence-corrected chi connectivity index (χ1v) is 7.91. The third-order valence-electron chi connectivity index (χ3n) is 3.35. The first-order chi connectivity index (χ1) is 10.9. The van der Waals surface area contributed by atoms with Gasteiger partial charge < -0.3 is 10.6 Å².